The summed E-state index contributed by atoms with van der Waals surface area (Å²) in [5.41, 5.74) is 3.19. The Morgan fingerprint density at radius 2 is 2.26 bits per heavy atom. The first-order chi connectivity index (χ1) is 11.0. The van der Waals surface area contributed by atoms with E-state index in [1.54, 1.807) is 7.11 Å². The standard InChI is InChI=1S/C18H29N3O2/c1-13-6-5-9-21(12-13)17(22)7-8-19-11-16-14(2)10-15(3)20-18(16)23-4/h10,13,19H,5-9,11-12H2,1-4H3/t13-/m0/s1. The molecule has 1 amide bonds. The van der Waals surface area contributed by atoms with Gasteiger partial charge in [0.15, 0.2) is 0 Å². The van der Waals surface area contributed by atoms with Gasteiger partial charge in [0, 0.05) is 43.9 Å². The topological polar surface area (TPSA) is 54.5 Å². The Morgan fingerprint density at radius 3 is 2.96 bits per heavy atom. The number of aromatic nitrogens is 1. The van der Waals surface area contributed by atoms with Crippen LogP contribution >= 0.6 is 0 Å². The number of piperidine rings is 1. The molecule has 1 aliphatic heterocycles. The van der Waals surface area contributed by atoms with Gasteiger partial charge in [0.05, 0.1) is 7.11 Å². The molecule has 1 aliphatic rings. The quantitative estimate of drug-likeness (QED) is 0.818. The van der Waals surface area contributed by atoms with Crippen LogP contribution in [0.4, 0.5) is 0 Å². The van der Waals surface area contributed by atoms with E-state index in [0.717, 1.165) is 36.3 Å². The smallest absolute Gasteiger partial charge is 0.223 e. The molecule has 0 radical (unpaired) electrons. The molecule has 2 heterocycles. The molecule has 0 spiro atoms. The lowest BCUT2D eigenvalue weighted by Crippen LogP contribution is -2.40. The zero-order valence-electron chi connectivity index (χ0n) is 14.8. The number of pyridine rings is 1. The number of nitrogens with zero attached hydrogens (tertiary/aromatic N) is 2. The molecule has 5 heteroatoms. The third kappa shape index (κ3) is 4.93. The molecule has 5 nitrogen and oxygen atoms in total. The predicted octanol–water partition coefficient (Wildman–Crippen LogP) is 2.45. The maximum Gasteiger partial charge on any atom is 0.223 e. The summed E-state index contributed by atoms with van der Waals surface area (Å²) in [6.45, 7) is 9.43. The van der Waals surface area contributed by atoms with Gasteiger partial charge in [-0.25, -0.2) is 4.98 Å². The number of rotatable bonds is 6. The SMILES string of the molecule is COc1nc(C)cc(C)c1CNCCC(=O)N1CCC[C@H](C)C1. The molecule has 0 unspecified atom stereocenters. The molecule has 0 bridgehead atoms. The number of hydrogen-bond acceptors (Lipinski definition) is 4. The van der Waals surface area contributed by atoms with Crippen molar-refractivity contribution in [3.05, 3.63) is 22.9 Å². The first-order valence-electron chi connectivity index (χ1n) is 8.51. The van der Waals surface area contributed by atoms with Gasteiger partial charge < -0.3 is 15.0 Å². The highest BCUT2D eigenvalue weighted by atomic mass is 16.5. The van der Waals surface area contributed by atoms with Gasteiger partial charge in [-0.3, -0.25) is 4.79 Å². The fraction of sp³-hybridized carbons (Fsp3) is 0.667. The molecule has 1 aromatic rings. The van der Waals surface area contributed by atoms with Crippen LogP contribution in [0.5, 0.6) is 5.88 Å². The molecule has 128 valence electrons. The first kappa shape index (κ1) is 17.7. The average molecular weight is 319 g/mol. The normalized spacial score (nSPS) is 18.1. The number of amides is 1. The summed E-state index contributed by atoms with van der Waals surface area (Å²) in [4.78, 5) is 18.7. The van der Waals surface area contributed by atoms with E-state index in [-0.39, 0.29) is 5.91 Å². The Bertz CT molecular complexity index is 545. The van der Waals surface area contributed by atoms with Gasteiger partial charge in [0.25, 0.3) is 0 Å². The second-order valence-corrected chi connectivity index (χ2v) is 6.58. The molecule has 1 N–H and O–H groups in total. The Balaban J connectivity index is 1.80. The molecule has 0 aliphatic carbocycles. The lowest BCUT2D eigenvalue weighted by molar-refractivity contribution is -0.132. The Kier molecular flexibility index (Phi) is 6.39. The van der Waals surface area contributed by atoms with Crippen LogP contribution in [0.15, 0.2) is 6.07 Å². The predicted molar refractivity (Wildman–Crippen MR) is 91.6 cm³/mol. The van der Waals surface area contributed by atoms with E-state index < -0.39 is 0 Å². The third-order valence-electron chi connectivity index (χ3n) is 4.46. The van der Waals surface area contributed by atoms with E-state index in [0.29, 0.717) is 31.3 Å². The van der Waals surface area contributed by atoms with Crippen molar-refractivity contribution in [3.63, 3.8) is 0 Å². The van der Waals surface area contributed by atoms with Gasteiger partial charge in [-0.05, 0) is 44.2 Å². The van der Waals surface area contributed by atoms with Crippen molar-refractivity contribution in [3.8, 4) is 5.88 Å². The molecule has 0 saturated carbocycles. The van der Waals surface area contributed by atoms with Crippen molar-refractivity contribution in [2.75, 3.05) is 26.7 Å². The van der Waals surface area contributed by atoms with Crippen LogP contribution in [0, 0.1) is 19.8 Å². The van der Waals surface area contributed by atoms with Crippen LogP contribution < -0.4 is 10.1 Å². The Morgan fingerprint density at radius 1 is 1.48 bits per heavy atom. The molecule has 23 heavy (non-hydrogen) atoms. The van der Waals surface area contributed by atoms with E-state index in [2.05, 4.69) is 30.2 Å². The van der Waals surface area contributed by atoms with E-state index in [9.17, 15) is 4.79 Å². The monoisotopic (exact) mass is 319 g/mol. The third-order valence-corrected chi connectivity index (χ3v) is 4.46. The second-order valence-electron chi connectivity index (χ2n) is 6.58. The molecule has 0 aromatic carbocycles. The fourth-order valence-electron chi connectivity index (χ4n) is 3.20. The highest BCUT2D eigenvalue weighted by Gasteiger charge is 2.20. The molecule has 1 atom stereocenters. The highest BCUT2D eigenvalue weighted by molar-refractivity contribution is 5.76. The molecule has 1 aromatic heterocycles. The summed E-state index contributed by atoms with van der Waals surface area (Å²) in [5, 5.41) is 3.35. The van der Waals surface area contributed by atoms with Crippen LogP contribution in [0.1, 0.15) is 43.0 Å². The maximum absolute atomic E-state index is 12.2. The number of nitrogens with one attached hydrogen (secondary N) is 1. The molecule has 1 fully saturated rings. The van der Waals surface area contributed by atoms with E-state index >= 15 is 0 Å². The number of ether oxygens (including phenoxy) is 1. The number of carbonyl (C=O) groups excluding carboxylic acids is 1. The molecular weight excluding hydrogens is 290 g/mol. The lowest BCUT2D eigenvalue weighted by Gasteiger charge is -2.31. The van der Waals surface area contributed by atoms with Gasteiger partial charge in [0.1, 0.15) is 0 Å². The van der Waals surface area contributed by atoms with Gasteiger partial charge in [-0.2, -0.15) is 0 Å². The van der Waals surface area contributed by atoms with Crippen molar-refractivity contribution in [2.24, 2.45) is 5.92 Å². The first-order valence-corrected chi connectivity index (χ1v) is 8.51. The van der Waals surface area contributed by atoms with E-state index in [1.807, 2.05) is 11.8 Å². The van der Waals surface area contributed by atoms with Crippen LogP contribution in [0.25, 0.3) is 0 Å². The van der Waals surface area contributed by atoms with Crippen LogP contribution in [-0.2, 0) is 11.3 Å². The summed E-state index contributed by atoms with van der Waals surface area (Å²) >= 11 is 0. The molecular formula is C18H29N3O2. The number of methoxy groups -OCH3 is 1. The van der Waals surface area contributed by atoms with E-state index in [4.69, 9.17) is 4.74 Å². The van der Waals surface area contributed by atoms with Crippen molar-refractivity contribution in [1.29, 1.82) is 0 Å². The van der Waals surface area contributed by atoms with Crippen LogP contribution in [0.2, 0.25) is 0 Å². The Hall–Kier alpha value is -1.62. The summed E-state index contributed by atoms with van der Waals surface area (Å²) < 4.78 is 5.37. The van der Waals surface area contributed by atoms with Gasteiger partial charge in [-0.15, -0.1) is 0 Å². The van der Waals surface area contributed by atoms with Crippen molar-refractivity contribution >= 4 is 5.91 Å². The zero-order valence-corrected chi connectivity index (χ0v) is 14.8. The average Bonchev–Trinajstić information content (AvgIpc) is 2.52. The zero-order chi connectivity index (χ0) is 16.8. The minimum atomic E-state index is 0.259. The summed E-state index contributed by atoms with van der Waals surface area (Å²) in [6.07, 6.45) is 2.92. The van der Waals surface area contributed by atoms with Crippen molar-refractivity contribution < 1.29 is 9.53 Å². The summed E-state index contributed by atoms with van der Waals surface area (Å²) in [5.74, 6) is 1.56. The molecule has 2 rings (SSSR count). The van der Waals surface area contributed by atoms with Crippen molar-refractivity contribution in [1.82, 2.24) is 15.2 Å². The van der Waals surface area contributed by atoms with Crippen molar-refractivity contribution in [2.45, 2.75) is 46.6 Å². The highest BCUT2D eigenvalue weighted by Crippen LogP contribution is 2.20. The van der Waals surface area contributed by atoms with E-state index in [1.165, 1.54) is 6.42 Å². The number of aryl methyl sites for hydroxylation is 2. The van der Waals surface area contributed by atoms with Gasteiger partial charge in [0.2, 0.25) is 11.8 Å². The van der Waals surface area contributed by atoms with Crippen LogP contribution in [0.3, 0.4) is 0 Å². The minimum Gasteiger partial charge on any atom is -0.481 e. The number of carbonyl (C=O) groups is 1. The maximum atomic E-state index is 12.2. The molecule has 1 saturated heterocycles. The number of hydrogen-bond donors (Lipinski definition) is 1. The minimum absolute atomic E-state index is 0.259. The van der Waals surface area contributed by atoms with Gasteiger partial charge >= 0.3 is 0 Å². The summed E-state index contributed by atoms with van der Waals surface area (Å²) in [6, 6.07) is 2.06. The van der Waals surface area contributed by atoms with Crippen LogP contribution in [-0.4, -0.2) is 42.5 Å². The van der Waals surface area contributed by atoms with Gasteiger partial charge in [-0.1, -0.05) is 6.92 Å². The second kappa shape index (κ2) is 8.29. The lowest BCUT2D eigenvalue weighted by atomic mass is 10.00. The fourth-order valence-corrected chi connectivity index (χ4v) is 3.20. The summed E-state index contributed by atoms with van der Waals surface area (Å²) in [7, 11) is 1.64. The number of likely N-dealkylation sites (tertiary alicyclic amines) is 1. The largest absolute Gasteiger partial charge is 0.481 e. The Labute approximate surface area is 139 Å².